The molecule has 5 heteroatoms. The Balaban J connectivity index is 2.21. The summed E-state index contributed by atoms with van der Waals surface area (Å²) in [5.41, 5.74) is 6.74. The van der Waals surface area contributed by atoms with E-state index in [1.54, 1.807) is 0 Å². The first-order valence-electron chi connectivity index (χ1n) is 7.39. The highest BCUT2D eigenvalue weighted by atomic mass is 19.1. The van der Waals surface area contributed by atoms with Gasteiger partial charge in [-0.15, -0.1) is 0 Å². The molecular weight excluding hydrogens is 271 g/mol. The van der Waals surface area contributed by atoms with Crippen LogP contribution in [0.5, 0.6) is 0 Å². The van der Waals surface area contributed by atoms with Gasteiger partial charge in [0.2, 0.25) is 0 Å². The maximum atomic E-state index is 13.6. The molecule has 0 aliphatic heterocycles. The van der Waals surface area contributed by atoms with Crippen molar-refractivity contribution in [1.82, 2.24) is 0 Å². The van der Waals surface area contributed by atoms with E-state index in [1.807, 2.05) is 0 Å². The van der Waals surface area contributed by atoms with Gasteiger partial charge in [-0.05, 0) is 61.1 Å². The third-order valence-electron chi connectivity index (χ3n) is 4.83. The van der Waals surface area contributed by atoms with E-state index in [-0.39, 0.29) is 11.1 Å². The Labute approximate surface area is 124 Å². The lowest BCUT2D eigenvalue weighted by Crippen LogP contribution is -2.39. The maximum Gasteiger partial charge on any atom is 0.272 e. The van der Waals surface area contributed by atoms with Crippen molar-refractivity contribution in [2.45, 2.75) is 46.0 Å². The number of halogens is 1. The molecule has 0 unspecified atom stereocenters. The molecule has 0 spiro atoms. The van der Waals surface area contributed by atoms with Crippen molar-refractivity contribution < 1.29 is 9.31 Å². The molecule has 0 bridgehead atoms. The Bertz CT molecular complexity index is 533. The summed E-state index contributed by atoms with van der Waals surface area (Å²) in [6, 6.07) is 3.83. The van der Waals surface area contributed by atoms with Crippen LogP contribution in [0.25, 0.3) is 0 Å². The molecule has 1 aliphatic carbocycles. The fourth-order valence-electron chi connectivity index (χ4n) is 3.18. The quantitative estimate of drug-likeness (QED) is 0.678. The van der Waals surface area contributed by atoms with Crippen molar-refractivity contribution in [2.75, 3.05) is 6.54 Å². The molecule has 1 aliphatic rings. The second-order valence-electron chi connectivity index (χ2n) is 7.12. The lowest BCUT2D eigenvalue weighted by atomic mass is 9.63. The molecule has 0 atom stereocenters. The minimum atomic E-state index is -0.553. The van der Waals surface area contributed by atoms with E-state index in [2.05, 4.69) is 13.8 Å². The van der Waals surface area contributed by atoms with Crippen molar-refractivity contribution in [3.63, 3.8) is 0 Å². The number of benzene rings is 1. The number of nitrogens with two attached hydrogens (primary N) is 1. The molecule has 0 aromatic heterocycles. The van der Waals surface area contributed by atoms with Crippen molar-refractivity contribution in [3.8, 4) is 0 Å². The Morgan fingerprint density at radius 3 is 2.38 bits per heavy atom. The zero-order valence-corrected chi connectivity index (χ0v) is 12.7. The normalized spacial score (nSPS) is 20.2. The highest BCUT2D eigenvalue weighted by Gasteiger charge is 2.37. The summed E-state index contributed by atoms with van der Waals surface area (Å²) in [6.07, 6.45) is 4.75. The van der Waals surface area contributed by atoms with Gasteiger partial charge in [-0.2, -0.15) is 0 Å². The van der Waals surface area contributed by atoms with Crippen LogP contribution in [0.1, 0.15) is 45.1 Å². The Hall–Kier alpha value is -1.49. The predicted octanol–water partition coefficient (Wildman–Crippen LogP) is 3.82. The fourth-order valence-corrected chi connectivity index (χ4v) is 3.18. The molecule has 0 saturated heterocycles. The van der Waals surface area contributed by atoms with Gasteiger partial charge >= 0.3 is 0 Å². The smallest absolute Gasteiger partial charge is 0.272 e. The molecule has 1 aromatic rings. The van der Waals surface area contributed by atoms with Gasteiger partial charge in [0.05, 0.1) is 11.0 Å². The number of rotatable bonds is 4. The van der Waals surface area contributed by atoms with E-state index >= 15 is 0 Å². The predicted molar refractivity (Wildman–Crippen MR) is 80.5 cm³/mol. The van der Waals surface area contributed by atoms with Crippen LogP contribution >= 0.6 is 0 Å². The highest BCUT2D eigenvalue weighted by Crippen LogP contribution is 2.46. The van der Waals surface area contributed by atoms with Gasteiger partial charge < -0.3 is 5.73 Å². The maximum absolute atomic E-state index is 13.6. The first-order chi connectivity index (χ1) is 9.75. The number of hydrogen-bond acceptors (Lipinski definition) is 3. The van der Waals surface area contributed by atoms with E-state index in [0.29, 0.717) is 23.9 Å². The van der Waals surface area contributed by atoms with E-state index in [1.165, 1.54) is 12.1 Å². The van der Waals surface area contributed by atoms with Gasteiger partial charge in [-0.25, -0.2) is 4.39 Å². The van der Waals surface area contributed by atoms with Crippen LogP contribution in [0.2, 0.25) is 0 Å². The Morgan fingerprint density at radius 1 is 1.24 bits per heavy atom. The minimum absolute atomic E-state index is 0.0584. The topological polar surface area (TPSA) is 69.2 Å². The molecule has 116 valence electrons. The van der Waals surface area contributed by atoms with Crippen LogP contribution in [-0.4, -0.2) is 11.5 Å². The summed E-state index contributed by atoms with van der Waals surface area (Å²) in [6.45, 7) is 5.04. The second kappa shape index (κ2) is 5.72. The van der Waals surface area contributed by atoms with Crippen LogP contribution in [0.3, 0.4) is 0 Å². The molecule has 2 N–H and O–H groups in total. The van der Waals surface area contributed by atoms with Crippen molar-refractivity contribution in [2.24, 2.45) is 16.6 Å². The van der Waals surface area contributed by atoms with Gasteiger partial charge in [0.15, 0.2) is 0 Å². The van der Waals surface area contributed by atoms with E-state index in [0.717, 1.165) is 31.7 Å². The standard InChI is InChI=1S/C16H23FN2O2/c1-15(2)3-5-16(11-18,6-4-15)10-12-7-13(17)9-14(8-12)19(20)21/h7-9H,3-6,10-11,18H2,1-2H3. The van der Waals surface area contributed by atoms with Crippen LogP contribution in [-0.2, 0) is 6.42 Å². The van der Waals surface area contributed by atoms with Crippen LogP contribution in [0.15, 0.2) is 18.2 Å². The fraction of sp³-hybridized carbons (Fsp3) is 0.625. The number of nitro benzene ring substituents is 1. The van der Waals surface area contributed by atoms with Crippen molar-refractivity contribution >= 4 is 5.69 Å². The van der Waals surface area contributed by atoms with Crippen molar-refractivity contribution in [3.05, 3.63) is 39.7 Å². The lowest BCUT2D eigenvalue weighted by Gasteiger charge is -2.43. The lowest BCUT2D eigenvalue weighted by molar-refractivity contribution is -0.385. The van der Waals surface area contributed by atoms with E-state index < -0.39 is 10.7 Å². The zero-order chi connectivity index (χ0) is 15.7. The average molecular weight is 294 g/mol. The van der Waals surface area contributed by atoms with Crippen LogP contribution < -0.4 is 5.73 Å². The van der Waals surface area contributed by atoms with Gasteiger partial charge in [-0.1, -0.05) is 13.8 Å². The highest BCUT2D eigenvalue weighted by molar-refractivity contribution is 5.35. The molecule has 1 aromatic carbocycles. The molecule has 4 nitrogen and oxygen atoms in total. The van der Waals surface area contributed by atoms with E-state index in [9.17, 15) is 14.5 Å². The first-order valence-corrected chi connectivity index (χ1v) is 7.39. The zero-order valence-electron chi connectivity index (χ0n) is 12.7. The van der Waals surface area contributed by atoms with Gasteiger partial charge in [-0.3, -0.25) is 10.1 Å². The number of nitrogens with zero attached hydrogens (tertiary/aromatic N) is 1. The summed E-state index contributed by atoms with van der Waals surface area (Å²) >= 11 is 0. The summed E-state index contributed by atoms with van der Waals surface area (Å²) in [5.74, 6) is -0.553. The van der Waals surface area contributed by atoms with Gasteiger partial charge in [0.1, 0.15) is 5.82 Å². The van der Waals surface area contributed by atoms with Crippen LogP contribution in [0.4, 0.5) is 10.1 Å². The average Bonchev–Trinajstić information content (AvgIpc) is 2.41. The summed E-state index contributed by atoms with van der Waals surface area (Å²) in [5, 5.41) is 10.8. The SMILES string of the molecule is CC1(C)CCC(CN)(Cc2cc(F)cc([N+](=O)[O-])c2)CC1. The molecule has 0 amide bonds. The molecule has 1 fully saturated rings. The van der Waals surface area contributed by atoms with Crippen molar-refractivity contribution in [1.29, 1.82) is 0 Å². The summed E-state index contributed by atoms with van der Waals surface area (Å²) in [7, 11) is 0. The molecule has 1 saturated carbocycles. The second-order valence-corrected chi connectivity index (χ2v) is 7.12. The first kappa shape index (κ1) is 15.9. The molecular formula is C16H23FN2O2. The monoisotopic (exact) mass is 294 g/mol. The Morgan fingerprint density at radius 2 is 1.86 bits per heavy atom. The number of non-ortho nitro benzene ring substituents is 1. The molecule has 21 heavy (non-hydrogen) atoms. The number of nitro groups is 1. The minimum Gasteiger partial charge on any atom is -0.330 e. The summed E-state index contributed by atoms with van der Waals surface area (Å²) in [4.78, 5) is 10.3. The third kappa shape index (κ3) is 3.79. The largest absolute Gasteiger partial charge is 0.330 e. The summed E-state index contributed by atoms with van der Waals surface area (Å²) < 4.78 is 13.6. The van der Waals surface area contributed by atoms with Gasteiger partial charge in [0, 0.05) is 6.07 Å². The molecule has 0 heterocycles. The van der Waals surface area contributed by atoms with Gasteiger partial charge in [0.25, 0.3) is 5.69 Å². The van der Waals surface area contributed by atoms with E-state index in [4.69, 9.17) is 5.73 Å². The number of hydrogen-bond donors (Lipinski definition) is 1. The molecule has 0 radical (unpaired) electrons. The third-order valence-corrected chi connectivity index (χ3v) is 4.83. The molecule has 2 rings (SSSR count). The van der Waals surface area contributed by atoms with Crippen LogP contribution in [0, 0.1) is 26.8 Å². The Kier molecular flexibility index (Phi) is 4.33.